The highest BCUT2D eigenvalue weighted by Gasteiger charge is 2.22. The maximum Gasteiger partial charge on any atom is 0.0973 e. The van der Waals surface area contributed by atoms with Gasteiger partial charge in [0.2, 0.25) is 0 Å². The summed E-state index contributed by atoms with van der Waals surface area (Å²) in [5.74, 6) is 0.752. The summed E-state index contributed by atoms with van der Waals surface area (Å²) in [6.45, 7) is 2.31. The van der Waals surface area contributed by atoms with Gasteiger partial charge in [-0.2, -0.15) is 0 Å². The molecular weight excluding hydrogens is 885 g/mol. The van der Waals surface area contributed by atoms with Crippen molar-refractivity contribution in [2.24, 2.45) is 5.92 Å². The Morgan fingerprint density at radius 3 is 1.08 bits per heavy atom. The van der Waals surface area contributed by atoms with Gasteiger partial charge in [0, 0.05) is 50.0 Å². The predicted octanol–water partition coefficient (Wildman–Crippen LogP) is 18.0. The number of fused-ring (bicyclic) bond motifs is 7. The molecule has 2 unspecified atom stereocenters. The molecule has 0 aliphatic heterocycles. The first-order valence-corrected chi connectivity index (χ1v) is 25.3. The lowest BCUT2D eigenvalue weighted by Gasteiger charge is -2.21. The van der Waals surface area contributed by atoms with Gasteiger partial charge in [-0.25, -0.2) is 9.97 Å². The van der Waals surface area contributed by atoms with Crippen LogP contribution in [0.15, 0.2) is 261 Å². The molecule has 4 nitrogen and oxygen atoms in total. The summed E-state index contributed by atoms with van der Waals surface area (Å²) in [5, 5.41) is 4.93. The molecule has 0 saturated carbocycles. The van der Waals surface area contributed by atoms with Crippen LogP contribution in [0.5, 0.6) is 0 Å². The normalized spacial score (nSPS) is 14.5. The molecule has 2 atom stereocenters. The number of hydrogen-bond donors (Lipinski definition) is 0. The van der Waals surface area contributed by atoms with E-state index >= 15 is 0 Å². The van der Waals surface area contributed by atoms with Crippen LogP contribution < -0.4 is 0 Å². The molecule has 13 aromatic rings. The maximum atomic E-state index is 5.35. The van der Waals surface area contributed by atoms with Gasteiger partial charge in [-0.1, -0.05) is 183 Å². The minimum absolute atomic E-state index is 0.328. The summed E-state index contributed by atoms with van der Waals surface area (Å²) in [6.07, 6.45) is 9.00. The van der Waals surface area contributed by atoms with E-state index in [1.165, 1.54) is 71.5 Å². The van der Waals surface area contributed by atoms with E-state index < -0.39 is 0 Å². The summed E-state index contributed by atoms with van der Waals surface area (Å²) in [4.78, 5) is 10.7. The number of hydrogen-bond acceptors (Lipinski definition) is 2. The minimum atomic E-state index is 0.328. The van der Waals surface area contributed by atoms with E-state index in [0.29, 0.717) is 11.8 Å². The van der Waals surface area contributed by atoms with Crippen molar-refractivity contribution in [3.05, 3.63) is 266 Å². The monoisotopic (exact) mass is 932 g/mol. The van der Waals surface area contributed by atoms with Gasteiger partial charge in [-0.05, 0) is 130 Å². The van der Waals surface area contributed by atoms with Gasteiger partial charge in [0.15, 0.2) is 0 Å². The largest absolute Gasteiger partial charge is 0.309 e. The molecule has 3 heterocycles. The van der Waals surface area contributed by atoms with Gasteiger partial charge in [-0.15, -0.1) is 0 Å². The van der Waals surface area contributed by atoms with Crippen LogP contribution in [0.1, 0.15) is 18.4 Å². The molecule has 1 aliphatic carbocycles. The Morgan fingerprint density at radius 1 is 0.315 bits per heavy atom. The molecule has 4 heteroatoms. The number of aromatic nitrogens is 4. The number of benzene rings is 10. The van der Waals surface area contributed by atoms with Gasteiger partial charge in [0.1, 0.15) is 0 Å². The van der Waals surface area contributed by atoms with E-state index in [4.69, 9.17) is 9.97 Å². The van der Waals surface area contributed by atoms with Crippen LogP contribution in [0.3, 0.4) is 0 Å². The molecule has 0 fully saturated rings. The van der Waals surface area contributed by atoms with Gasteiger partial charge >= 0.3 is 0 Å². The van der Waals surface area contributed by atoms with E-state index in [-0.39, 0.29) is 0 Å². The van der Waals surface area contributed by atoms with Crippen LogP contribution in [0.25, 0.3) is 122 Å². The zero-order valence-electron chi connectivity index (χ0n) is 40.3. The third-order valence-electron chi connectivity index (χ3n) is 15.0. The van der Waals surface area contributed by atoms with Crippen LogP contribution in [-0.2, 0) is 0 Å². The Balaban J connectivity index is 0.870. The molecule has 14 rings (SSSR count). The molecule has 1 aliphatic rings. The fourth-order valence-corrected chi connectivity index (χ4v) is 11.3. The Kier molecular flexibility index (Phi) is 10.2. The first-order chi connectivity index (χ1) is 36.1. The highest BCUT2D eigenvalue weighted by molar-refractivity contribution is 6.12. The van der Waals surface area contributed by atoms with Crippen LogP contribution in [0.4, 0.5) is 0 Å². The van der Waals surface area contributed by atoms with Gasteiger partial charge in [-0.3, -0.25) is 0 Å². The molecule has 10 aromatic carbocycles. The second kappa shape index (κ2) is 17.5. The van der Waals surface area contributed by atoms with Crippen molar-refractivity contribution < 1.29 is 0 Å². The van der Waals surface area contributed by atoms with Crippen molar-refractivity contribution in [2.45, 2.75) is 12.8 Å². The Morgan fingerprint density at radius 2 is 0.671 bits per heavy atom. The van der Waals surface area contributed by atoms with Crippen molar-refractivity contribution in [3.63, 3.8) is 0 Å². The lowest BCUT2D eigenvalue weighted by Crippen LogP contribution is -2.07. The Bertz CT molecular complexity index is 4200. The van der Waals surface area contributed by atoms with E-state index in [0.717, 1.165) is 56.0 Å². The third kappa shape index (κ3) is 7.38. The van der Waals surface area contributed by atoms with Crippen LogP contribution in [-0.4, -0.2) is 19.1 Å². The number of para-hydroxylation sites is 2. The summed E-state index contributed by atoms with van der Waals surface area (Å²) in [6, 6.07) is 85.7. The molecule has 3 aromatic heterocycles. The lowest BCUT2D eigenvalue weighted by atomic mass is 9.84. The molecular formula is C69H48N4. The molecule has 0 saturated heterocycles. The predicted molar refractivity (Wildman–Crippen MR) is 306 cm³/mol. The number of allylic oxidation sites excluding steroid dienone is 4. The Hall–Kier alpha value is -9.38. The van der Waals surface area contributed by atoms with Gasteiger partial charge in [0.05, 0.1) is 44.5 Å². The molecule has 0 spiro atoms. The zero-order valence-corrected chi connectivity index (χ0v) is 40.3. The molecule has 0 amide bonds. The molecule has 344 valence electrons. The van der Waals surface area contributed by atoms with Crippen molar-refractivity contribution in [2.75, 3.05) is 0 Å². The fraction of sp³-hybridized carbons (Fsp3) is 0.0435. The topological polar surface area (TPSA) is 35.6 Å². The SMILES string of the molecule is CC1C=CC=CC1c1ccc2c(c1)c1cc(-c3ccccc3)ccc1n2-c1ccc(-c2nc3ccccc3nc2-c2ccc(-n3c4ccc(-c5ccccc5)cc4c4cc(-c5ccccc5)ccc43)cc2)cc1. The highest BCUT2D eigenvalue weighted by Crippen LogP contribution is 2.41. The fourth-order valence-electron chi connectivity index (χ4n) is 11.3. The molecule has 0 N–H and O–H groups in total. The maximum absolute atomic E-state index is 5.35. The third-order valence-corrected chi connectivity index (χ3v) is 15.0. The van der Waals surface area contributed by atoms with E-state index in [1.54, 1.807) is 0 Å². The smallest absolute Gasteiger partial charge is 0.0973 e. The van der Waals surface area contributed by atoms with E-state index in [9.17, 15) is 0 Å². The highest BCUT2D eigenvalue weighted by atomic mass is 15.0. The number of rotatable bonds is 8. The van der Waals surface area contributed by atoms with Gasteiger partial charge < -0.3 is 9.13 Å². The van der Waals surface area contributed by atoms with Crippen molar-refractivity contribution in [3.8, 4) is 67.3 Å². The van der Waals surface area contributed by atoms with Crippen LogP contribution in [0.2, 0.25) is 0 Å². The minimum Gasteiger partial charge on any atom is -0.309 e. The first-order valence-electron chi connectivity index (χ1n) is 25.3. The molecule has 73 heavy (non-hydrogen) atoms. The number of nitrogens with zero attached hydrogens (tertiary/aromatic N) is 4. The quantitative estimate of drug-likeness (QED) is 0.152. The summed E-state index contributed by atoms with van der Waals surface area (Å²) >= 11 is 0. The Labute approximate surface area is 424 Å². The standard InChI is InChI=1S/C69H48N4/c1-45-15-11-12-22-57(45)54-32-40-67-61(44-54)60-43-53(48-20-9-4-10-21-48)31-39-66(60)73(67)56-35-27-50(28-36-56)69-68(70-62-23-13-14-24-63(62)71-69)49-25-33-55(34-26-49)72-64-37-29-51(46-16-5-2-6-17-46)41-58(64)59-42-52(30-38-65(59)72)47-18-7-3-8-19-47/h2-45,57H,1H3. The average Bonchev–Trinajstić information content (AvgIpc) is 3.97. The van der Waals surface area contributed by atoms with E-state index in [2.05, 4.69) is 265 Å². The second-order valence-corrected chi connectivity index (χ2v) is 19.4. The van der Waals surface area contributed by atoms with Crippen LogP contribution >= 0.6 is 0 Å². The van der Waals surface area contributed by atoms with Crippen molar-refractivity contribution >= 4 is 54.6 Å². The van der Waals surface area contributed by atoms with E-state index in [1.807, 2.05) is 12.1 Å². The summed E-state index contributed by atoms with van der Waals surface area (Å²) in [5.41, 5.74) is 20.8. The van der Waals surface area contributed by atoms with Crippen LogP contribution in [0, 0.1) is 5.92 Å². The lowest BCUT2D eigenvalue weighted by molar-refractivity contribution is 0.636. The second-order valence-electron chi connectivity index (χ2n) is 19.4. The molecule has 0 radical (unpaired) electrons. The van der Waals surface area contributed by atoms with Crippen molar-refractivity contribution in [1.82, 2.24) is 19.1 Å². The zero-order chi connectivity index (χ0) is 48.4. The van der Waals surface area contributed by atoms with Gasteiger partial charge in [0.25, 0.3) is 0 Å². The van der Waals surface area contributed by atoms with Crippen molar-refractivity contribution in [1.29, 1.82) is 0 Å². The summed E-state index contributed by atoms with van der Waals surface area (Å²) in [7, 11) is 0. The summed E-state index contributed by atoms with van der Waals surface area (Å²) < 4.78 is 4.81. The first kappa shape index (κ1) is 42.5. The average molecular weight is 933 g/mol. The molecule has 0 bridgehead atoms.